The fourth-order valence-corrected chi connectivity index (χ4v) is 4.13. The summed E-state index contributed by atoms with van der Waals surface area (Å²) in [7, 11) is 0. The summed E-state index contributed by atoms with van der Waals surface area (Å²) in [5, 5.41) is 6.86. The third-order valence-electron chi connectivity index (χ3n) is 5.04. The van der Waals surface area contributed by atoms with Gasteiger partial charge in [0, 0.05) is 22.9 Å². The minimum atomic E-state index is -0.287. The number of hydrogen-bond donors (Lipinski definition) is 2. The molecule has 1 amide bonds. The van der Waals surface area contributed by atoms with Gasteiger partial charge in [-0.25, -0.2) is 0 Å². The van der Waals surface area contributed by atoms with Gasteiger partial charge in [0.2, 0.25) is 0 Å². The van der Waals surface area contributed by atoms with E-state index in [1.807, 2.05) is 32.0 Å². The van der Waals surface area contributed by atoms with E-state index in [9.17, 15) is 4.79 Å². The highest BCUT2D eigenvalue weighted by Gasteiger charge is 2.15. The van der Waals surface area contributed by atoms with Crippen LogP contribution in [0.5, 0.6) is 11.5 Å². The average molecular weight is 532 g/mol. The van der Waals surface area contributed by atoms with Crippen LogP contribution >= 0.6 is 27.5 Å². The molecular weight excluding hydrogens is 504 g/mol. The van der Waals surface area contributed by atoms with Crippen molar-refractivity contribution in [3.05, 3.63) is 80.3 Å². The van der Waals surface area contributed by atoms with Crippen molar-refractivity contribution in [1.29, 1.82) is 0 Å². The van der Waals surface area contributed by atoms with Crippen molar-refractivity contribution >= 4 is 44.8 Å². The van der Waals surface area contributed by atoms with E-state index in [0.717, 1.165) is 21.3 Å². The van der Waals surface area contributed by atoms with Crippen molar-refractivity contribution in [3.63, 3.8) is 0 Å². The number of carbonyl (C=O) groups is 1. The predicted molar refractivity (Wildman–Crippen MR) is 139 cm³/mol. The van der Waals surface area contributed by atoms with Crippen molar-refractivity contribution in [2.24, 2.45) is 0 Å². The summed E-state index contributed by atoms with van der Waals surface area (Å²) in [4.78, 5) is 12.4. The summed E-state index contributed by atoms with van der Waals surface area (Å²) in [5.74, 6) is 0.782. The number of benzene rings is 3. The van der Waals surface area contributed by atoms with E-state index in [2.05, 4.69) is 58.6 Å². The number of ether oxygens (including phenoxy) is 2. The molecule has 0 aromatic heterocycles. The lowest BCUT2D eigenvalue weighted by atomic mass is 10.1. The van der Waals surface area contributed by atoms with Crippen LogP contribution in [0.15, 0.2) is 53.0 Å². The molecule has 3 rings (SSSR count). The first kappa shape index (κ1) is 24.9. The van der Waals surface area contributed by atoms with Gasteiger partial charge >= 0.3 is 0 Å². The van der Waals surface area contributed by atoms with Crippen molar-refractivity contribution in [1.82, 2.24) is 0 Å². The fraction of sp³-hybridized carbons (Fsp3) is 0.269. The van der Waals surface area contributed by atoms with Gasteiger partial charge in [-0.15, -0.1) is 0 Å². The van der Waals surface area contributed by atoms with E-state index < -0.39 is 0 Å². The van der Waals surface area contributed by atoms with Crippen molar-refractivity contribution in [3.8, 4) is 11.5 Å². The highest BCUT2D eigenvalue weighted by Crippen LogP contribution is 2.37. The van der Waals surface area contributed by atoms with Gasteiger partial charge in [0.05, 0.1) is 11.1 Å². The number of aryl methyl sites for hydroxylation is 3. The second kappa shape index (κ2) is 11.4. The van der Waals surface area contributed by atoms with Gasteiger partial charge in [-0.2, -0.15) is 0 Å². The lowest BCUT2D eigenvalue weighted by Gasteiger charge is -2.16. The Morgan fingerprint density at radius 2 is 1.79 bits per heavy atom. The summed E-state index contributed by atoms with van der Waals surface area (Å²) >= 11 is 9.70. The van der Waals surface area contributed by atoms with Crippen LogP contribution < -0.4 is 20.1 Å². The summed E-state index contributed by atoms with van der Waals surface area (Å²) < 4.78 is 12.3. The molecule has 0 fully saturated rings. The molecule has 3 aromatic rings. The van der Waals surface area contributed by atoms with Crippen LogP contribution in [0, 0.1) is 20.8 Å². The predicted octanol–water partition coefficient (Wildman–Crippen LogP) is 7.06. The zero-order valence-corrected chi connectivity index (χ0v) is 21.6. The van der Waals surface area contributed by atoms with Crippen LogP contribution in [0.3, 0.4) is 0 Å². The maximum atomic E-state index is 12.4. The minimum Gasteiger partial charge on any atom is -0.490 e. The SMILES string of the molecule is CCOc1cc(CNc2ccc(C)cc2C)cc(Br)c1OCC(=O)Nc1ccc(C)c(Cl)c1. The number of halogens is 2. The largest absolute Gasteiger partial charge is 0.490 e. The molecule has 0 unspecified atom stereocenters. The first-order valence-electron chi connectivity index (χ1n) is 10.7. The Bertz CT molecular complexity index is 1150. The van der Waals surface area contributed by atoms with Crippen molar-refractivity contribution in [2.75, 3.05) is 23.8 Å². The molecule has 0 saturated heterocycles. The third kappa shape index (κ3) is 6.89. The van der Waals surface area contributed by atoms with Gasteiger partial charge in [0.1, 0.15) is 0 Å². The first-order chi connectivity index (χ1) is 15.8. The van der Waals surface area contributed by atoms with Gasteiger partial charge in [-0.3, -0.25) is 4.79 Å². The molecule has 0 bridgehead atoms. The second-order valence-electron chi connectivity index (χ2n) is 7.81. The van der Waals surface area contributed by atoms with Gasteiger partial charge < -0.3 is 20.1 Å². The quantitative estimate of drug-likeness (QED) is 0.310. The number of nitrogens with one attached hydrogen (secondary N) is 2. The van der Waals surface area contributed by atoms with Gasteiger partial charge in [-0.1, -0.05) is 35.4 Å². The number of rotatable bonds is 9. The lowest BCUT2D eigenvalue weighted by Crippen LogP contribution is -2.20. The normalized spacial score (nSPS) is 10.6. The smallest absolute Gasteiger partial charge is 0.262 e. The molecule has 33 heavy (non-hydrogen) atoms. The summed E-state index contributed by atoms with van der Waals surface area (Å²) in [6.45, 7) is 8.92. The zero-order chi connectivity index (χ0) is 24.0. The van der Waals surface area contributed by atoms with E-state index in [1.165, 1.54) is 11.1 Å². The number of carbonyl (C=O) groups excluding carboxylic acids is 1. The summed E-state index contributed by atoms with van der Waals surface area (Å²) in [6.07, 6.45) is 0. The van der Waals surface area contributed by atoms with Crippen LogP contribution in [0.4, 0.5) is 11.4 Å². The Morgan fingerprint density at radius 3 is 2.48 bits per heavy atom. The van der Waals surface area contributed by atoms with Crippen LogP contribution in [-0.4, -0.2) is 19.1 Å². The number of anilines is 2. The molecule has 0 spiro atoms. The Hall–Kier alpha value is -2.70. The Balaban J connectivity index is 1.68. The Morgan fingerprint density at radius 1 is 1.00 bits per heavy atom. The fourth-order valence-electron chi connectivity index (χ4n) is 3.34. The van der Waals surface area contributed by atoms with Crippen molar-refractivity contribution < 1.29 is 14.3 Å². The van der Waals surface area contributed by atoms with E-state index in [1.54, 1.807) is 12.1 Å². The molecule has 0 heterocycles. The second-order valence-corrected chi connectivity index (χ2v) is 9.07. The van der Waals surface area contributed by atoms with Gasteiger partial charge in [-0.05, 0) is 90.6 Å². The van der Waals surface area contributed by atoms with Crippen LogP contribution in [-0.2, 0) is 11.3 Å². The van der Waals surface area contributed by atoms with Crippen LogP contribution in [0.1, 0.15) is 29.2 Å². The molecule has 0 aliphatic carbocycles. The molecule has 174 valence electrons. The van der Waals surface area contributed by atoms with E-state index in [-0.39, 0.29) is 12.5 Å². The van der Waals surface area contributed by atoms with Crippen LogP contribution in [0.2, 0.25) is 5.02 Å². The molecule has 0 aliphatic heterocycles. The van der Waals surface area contributed by atoms with Crippen molar-refractivity contribution in [2.45, 2.75) is 34.2 Å². The summed E-state index contributed by atoms with van der Waals surface area (Å²) in [5.41, 5.74) is 6.11. The molecule has 0 atom stereocenters. The molecule has 0 aliphatic rings. The third-order valence-corrected chi connectivity index (χ3v) is 6.03. The molecule has 5 nitrogen and oxygen atoms in total. The topological polar surface area (TPSA) is 59.6 Å². The highest BCUT2D eigenvalue weighted by atomic mass is 79.9. The van der Waals surface area contributed by atoms with Crippen LogP contribution in [0.25, 0.3) is 0 Å². The maximum Gasteiger partial charge on any atom is 0.262 e. The number of amides is 1. The van der Waals surface area contributed by atoms with E-state index in [4.69, 9.17) is 21.1 Å². The summed E-state index contributed by atoms with van der Waals surface area (Å²) in [6, 6.07) is 15.6. The first-order valence-corrected chi connectivity index (χ1v) is 11.9. The Labute approximate surface area is 208 Å². The minimum absolute atomic E-state index is 0.162. The average Bonchev–Trinajstić information content (AvgIpc) is 2.75. The molecule has 2 N–H and O–H groups in total. The Kier molecular flexibility index (Phi) is 8.64. The molecule has 0 radical (unpaired) electrons. The monoisotopic (exact) mass is 530 g/mol. The molecule has 7 heteroatoms. The van der Waals surface area contributed by atoms with Gasteiger partial charge in [0.15, 0.2) is 18.1 Å². The molecule has 0 saturated carbocycles. The molecular formula is C26H28BrClN2O3. The van der Waals surface area contributed by atoms with E-state index in [0.29, 0.717) is 35.4 Å². The van der Waals surface area contributed by atoms with E-state index >= 15 is 0 Å². The molecule has 3 aromatic carbocycles. The standard InChI is InChI=1S/C26H28BrClN2O3/c1-5-32-24-12-19(14-29-23-9-6-16(2)10-18(23)4)11-21(27)26(24)33-15-25(31)30-20-8-7-17(3)22(28)13-20/h6-13,29H,5,14-15H2,1-4H3,(H,30,31). The maximum absolute atomic E-state index is 12.4. The number of hydrogen-bond acceptors (Lipinski definition) is 4. The zero-order valence-electron chi connectivity index (χ0n) is 19.2. The lowest BCUT2D eigenvalue weighted by molar-refractivity contribution is -0.118. The highest BCUT2D eigenvalue weighted by molar-refractivity contribution is 9.10. The van der Waals surface area contributed by atoms with Gasteiger partial charge in [0.25, 0.3) is 5.91 Å².